The lowest BCUT2D eigenvalue weighted by Crippen LogP contribution is -2.41. The van der Waals surface area contributed by atoms with Gasteiger partial charge in [0.2, 0.25) is 0 Å². The van der Waals surface area contributed by atoms with Crippen LogP contribution in [0.15, 0.2) is 17.4 Å². The van der Waals surface area contributed by atoms with Crippen molar-refractivity contribution in [3.8, 4) is 12.3 Å². The lowest BCUT2D eigenvalue weighted by molar-refractivity contribution is -0.171. The molecule has 0 N–H and O–H groups in total. The smallest absolute Gasteiger partial charge is 0.324 e. The number of esters is 2. The molecule has 0 heterocycles. The molecule has 0 spiro atoms. The molecule has 0 radical (unpaired) electrons. The van der Waals surface area contributed by atoms with Crippen LogP contribution in [0.1, 0.15) is 40.5 Å². The van der Waals surface area contributed by atoms with Crippen molar-refractivity contribution >= 4 is 11.9 Å². The van der Waals surface area contributed by atoms with Crippen molar-refractivity contribution in [2.24, 2.45) is 5.41 Å². The number of hydrogen-bond acceptors (Lipinski definition) is 4. The Kier molecular flexibility index (Phi) is 8.12. The molecule has 0 aliphatic heterocycles. The molecule has 0 amide bonds. The van der Waals surface area contributed by atoms with Crippen LogP contribution in [0.2, 0.25) is 0 Å². The number of terminal acetylenes is 1. The highest BCUT2D eigenvalue weighted by Crippen LogP contribution is 2.31. The summed E-state index contributed by atoms with van der Waals surface area (Å²) in [6.07, 6.45) is 6.98. The van der Waals surface area contributed by atoms with E-state index in [0.717, 1.165) is 5.57 Å². The molecule has 4 nitrogen and oxygen atoms in total. The minimum absolute atomic E-state index is 0.0639. The second-order valence-corrected chi connectivity index (χ2v) is 4.46. The van der Waals surface area contributed by atoms with Crippen LogP contribution in [0.25, 0.3) is 0 Å². The first-order valence-electron chi connectivity index (χ1n) is 6.60. The zero-order valence-corrected chi connectivity index (χ0v) is 12.6. The third kappa shape index (κ3) is 4.95. The van der Waals surface area contributed by atoms with E-state index >= 15 is 0 Å². The average Bonchev–Trinajstić information content (AvgIpc) is 2.37. The van der Waals surface area contributed by atoms with Crippen molar-refractivity contribution < 1.29 is 19.1 Å². The Morgan fingerprint density at radius 3 is 2.00 bits per heavy atom. The van der Waals surface area contributed by atoms with Crippen LogP contribution >= 0.6 is 0 Å². The maximum atomic E-state index is 12.2. The number of rotatable bonds is 7. The van der Waals surface area contributed by atoms with Crippen LogP contribution in [-0.2, 0) is 19.1 Å². The highest BCUT2D eigenvalue weighted by molar-refractivity contribution is 6.00. The highest BCUT2D eigenvalue weighted by Gasteiger charge is 2.47. The van der Waals surface area contributed by atoms with Gasteiger partial charge in [-0.2, -0.15) is 0 Å². The summed E-state index contributed by atoms with van der Waals surface area (Å²) >= 11 is 0. The molecule has 0 saturated heterocycles. The van der Waals surface area contributed by atoms with Gasteiger partial charge in [-0.3, -0.25) is 9.59 Å². The van der Waals surface area contributed by atoms with Crippen LogP contribution < -0.4 is 0 Å². The Labute approximate surface area is 120 Å². The van der Waals surface area contributed by atoms with Crippen molar-refractivity contribution in [1.82, 2.24) is 0 Å². The van der Waals surface area contributed by atoms with E-state index in [-0.39, 0.29) is 26.1 Å². The predicted molar refractivity (Wildman–Crippen MR) is 76.7 cm³/mol. The summed E-state index contributed by atoms with van der Waals surface area (Å²) in [5, 5.41) is 0. The first-order chi connectivity index (χ1) is 9.44. The Balaban J connectivity index is 5.55. The van der Waals surface area contributed by atoms with Gasteiger partial charge in [-0.05, 0) is 39.3 Å². The van der Waals surface area contributed by atoms with Gasteiger partial charge in [0, 0.05) is 12.8 Å². The van der Waals surface area contributed by atoms with Crippen LogP contribution in [-0.4, -0.2) is 25.2 Å². The molecule has 0 aromatic carbocycles. The summed E-state index contributed by atoms with van der Waals surface area (Å²) in [6.45, 7) is 7.45. The van der Waals surface area contributed by atoms with Gasteiger partial charge in [0.25, 0.3) is 0 Å². The Morgan fingerprint density at radius 2 is 1.65 bits per heavy atom. The Bertz CT molecular complexity index is 426. The molecule has 0 saturated carbocycles. The summed E-state index contributed by atoms with van der Waals surface area (Å²) in [5.74, 6) is 1.07. The van der Waals surface area contributed by atoms with E-state index in [1.165, 1.54) is 0 Å². The average molecular weight is 278 g/mol. The molecule has 0 fully saturated rings. The minimum atomic E-state index is -1.48. The lowest BCUT2D eigenvalue weighted by atomic mass is 9.81. The summed E-state index contributed by atoms with van der Waals surface area (Å²) < 4.78 is 9.99. The zero-order chi connectivity index (χ0) is 15.6. The zero-order valence-electron chi connectivity index (χ0n) is 12.6. The van der Waals surface area contributed by atoms with E-state index in [1.54, 1.807) is 19.9 Å². The third-order valence-corrected chi connectivity index (χ3v) is 2.58. The summed E-state index contributed by atoms with van der Waals surface area (Å²) in [7, 11) is 0. The van der Waals surface area contributed by atoms with Gasteiger partial charge in [0.1, 0.15) is 0 Å². The predicted octanol–water partition coefficient (Wildman–Crippen LogP) is 2.63. The normalized spacial score (nSPS) is 9.95. The third-order valence-electron chi connectivity index (χ3n) is 2.58. The van der Waals surface area contributed by atoms with Gasteiger partial charge in [-0.15, -0.1) is 18.1 Å². The van der Waals surface area contributed by atoms with E-state index in [4.69, 9.17) is 15.9 Å². The van der Waals surface area contributed by atoms with Crippen LogP contribution in [0.5, 0.6) is 0 Å². The van der Waals surface area contributed by atoms with E-state index in [9.17, 15) is 9.59 Å². The molecule has 0 bridgehead atoms. The number of allylic oxidation sites excluding steroid dienone is 1. The molecule has 0 aliphatic rings. The van der Waals surface area contributed by atoms with E-state index in [2.05, 4.69) is 11.7 Å². The van der Waals surface area contributed by atoms with Crippen molar-refractivity contribution in [2.75, 3.05) is 13.2 Å². The molecule has 0 unspecified atom stereocenters. The second-order valence-electron chi connectivity index (χ2n) is 4.46. The molecule has 0 aromatic heterocycles. The number of ether oxygens (including phenoxy) is 2. The van der Waals surface area contributed by atoms with E-state index < -0.39 is 17.4 Å². The van der Waals surface area contributed by atoms with Crippen molar-refractivity contribution in [3.05, 3.63) is 17.4 Å². The quantitative estimate of drug-likeness (QED) is 0.311. The van der Waals surface area contributed by atoms with Gasteiger partial charge < -0.3 is 9.47 Å². The number of carbonyl (C=O) groups is 2. The molecule has 0 atom stereocenters. The van der Waals surface area contributed by atoms with Crippen LogP contribution in [0.4, 0.5) is 0 Å². The summed E-state index contributed by atoms with van der Waals surface area (Å²) in [5.41, 5.74) is 2.42. The highest BCUT2D eigenvalue weighted by atomic mass is 16.6. The fourth-order valence-corrected chi connectivity index (χ4v) is 1.61. The maximum Gasteiger partial charge on any atom is 0.324 e. The SMILES string of the molecule is C#CCC(CC=C=C(C)C)(C(=O)OCC)C(=O)OCC. The first-order valence-corrected chi connectivity index (χ1v) is 6.60. The topological polar surface area (TPSA) is 52.6 Å². The maximum absolute atomic E-state index is 12.2. The Hall–Kier alpha value is -1.98. The molecular formula is C16H22O4. The van der Waals surface area contributed by atoms with Gasteiger partial charge in [0.15, 0.2) is 5.41 Å². The molecule has 4 heteroatoms. The number of carbonyl (C=O) groups excluding carboxylic acids is 2. The monoisotopic (exact) mass is 278 g/mol. The number of hydrogen-bond donors (Lipinski definition) is 0. The molecular weight excluding hydrogens is 256 g/mol. The second kappa shape index (κ2) is 9.01. The molecule has 0 aliphatic carbocycles. The minimum Gasteiger partial charge on any atom is -0.465 e. The summed E-state index contributed by atoms with van der Waals surface area (Å²) in [6, 6.07) is 0. The molecule has 110 valence electrons. The van der Waals surface area contributed by atoms with Crippen LogP contribution in [0.3, 0.4) is 0 Å². The van der Waals surface area contributed by atoms with Crippen molar-refractivity contribution in [2.45, 2.75) is 40.5 Å². The summed E-state index contributed by atoms with van der Waals surface area (Å²) in [4.78, 5) is 24.3. The van der Waals surface area contributed by atoms with Crippen LogP contribution in [0, 0.1) is 17.8 Å². The standard InChI is InChI=1S/C16H22O4/c1-6-11-16(14(17)19-7-2,15(18)20-8-3)12-9-10-13(4)5/h1,9H,7-8,11-12H2,2-5H3. The van der Waals surface area contributed by atoms with E-state index in [0.29, 0.717) is 0 Å². The molecule has 20 heavy (non-hydrogen) atoms. The molecule has 0 aromatic rings. The van der Waals surface area contributed by atoms with Crippen molar-refractivity contribution in [3.63, 3.8) is 0 Å². The van der Waals surface area contributed by atoms with Gasteiger partial charge in [0.05, 0.1) is 13.2 Å². The lowest BCUT2D eigenvalue weighted by Gasteiger charge is -2.25. The van der Waals surface area contributed by atoms with Gasteiger partial charge in [-0.25, -0.2) is 0 Å². The van der Waals surface area contributed by atoms with Gasteiger partial charge in [-0.1, -0.05) is 0 Å². The van der Waals surface area contributed by atoms with E-state index in [1.807, 2.05) is 13.8 Å². The largest absolute Gasteiger partial charge is 0.465 e. The van der Waals surface area contributed by atoms with Gasteiger partial charge >= 0.3 is 11.9 Å². The fraction of sp³-hybridized carbons (Fsp3) is 0.562. The fourth-order valence-electron chi connectivity index (χ4n) is 1.61. The molecule has 0 rings (SSSR count). The first kappa shape index (κ1) is 18.0. The Morgan fingerprint density at radius 1 is 1.15 bits per heavy atom. The van der Waals surface area contributed by atoms with Crippen molar-refractivity contribution in [1.29, 1.82) is 0 Å².